The Morgan fingerprint density at radius 1 is 1.50 bits per heavy atom. The summed E-state index contributed by atoms with van der Waals surface area (Å²) in [5.74, 6) is -0.185. The van der Waals surface area contributed by atoms with E-state index in [4.69, 9.17) is 0 Å². The van der Waals surface area contributed by atoms with Gasteiger partial charge in [-0.25, -0.2) is 0 Å². The zero-order valence-corrected chi connectivity index (χ0v) is 11.2. The van der Waals surface area contributed by atoms with Crippen LogP contribution in [0.4, 0.5) is 0 Å². The smallest absolute Gasteiger partial charge is 0.324 e. The van der Waals surface area contributed by atoms with E-state index in [9.17, 15) is 9.90 Å². The van der Waals surface area contributed by atoms with Gasteiger partial charge in [0.1, 0.15) is 5.54 Å². The van der Waals surface area contributed by atoms with Crippen LogP contribution in [0.25, 0.3) is 0 Å². The van der Waals surface area contributed by atoms with E-state index >= 15 is 0 Å². The van der Waals surface area contributed by atoms with Crippen LogP contribution in [0.2, 0.25) is 0 Å². The summed E-state index contributed by atoms with van der Waals surface area (Å²) in [6.45, 7) is 10.1. The van der Waals surface area contributed by atoms with Crippen LogP contribution in [0.5, 0.6) is 0 Å². The van der Waals surface area contributed by atoms with Crippen molar-refractivity contribution in [3.8, 4) is 0 Å². The molecule has 0 aliphatic rings. The lowest BCUT2D eigenvalue weighted by Gasteiger charge is -2.31. The van der Waals surface area contributed by atoms with Crippen LogP contribution in [0.15, 0.2) is 0 Å². The molecule has 2 unspecified atom stereocenters. The topological polar surface area (TPSA) is 52.6 Å². The second-order valence-corrected chi connectivity index (χ2v) is 4.88. The van der Waals surface area contributed by atoms with Gasteiger partial charge in [-0.05, 0) is 26.4 Å². The highest BCUT2D eigenvalue weighted by atomic mass is 16.4. The van der Waals surface area contributed by atoms with E-state index in [1.54, 1.807) is 6.92 Å². The molecule has 4 heteroatoms. The summed E-state index contributed by atoms with van der Waals surface area (Å²) in [6.07, 6.45) is 1.12. The Hall–Kier alpha value is -0.610. The van der Waals surface area contributed by atoms with Crippen molar-refractivity contribution in [3.63, 3.8) is 0 Å². The average molecular weight is 230 g/mol. The van der Waals surface area contributed by atoms with Crippen molar-refractivity contribution in [2.45, 2.75) is 39.7 Å². The molecule has 0 aromatic heterocycles. The maximum absolute atomic E-state index is 11.2. The zero-order chi connectivity index (χ0) is 12.8. The summed E-state index contributed by atoms with van der Waals surface area (Å²) >= 11 is 0. The molecule has 0 heterocycles. The highest BCUT2D eigenvalue weighted by molar-refractivity contribution is 5.78. The third-order valence-corrected chi connectivity index (χ3v) is 2.95. The van der Waals surface area contributed by atoms with Crippen molar-refractivity contribution in [2.24, 2.45) is 5.92 Å². The lowest BCUT2D eigenvalue weighted by atomic mass is 10.0. The Kier molecular flexibility index (Phi) is 6.60. The fourth-order valence-electron chi connectivity index (χ4n) is 1.85. The standard InChI is InChI=1S/C12H26N2O2/c1-6-10(3)8-14(5)9-12(4,11(15)16)13-7-2/h10,13H,6-9H2,1-5H3,(H,15,16). The molecule has 2 atom stereocenters. The number of aliphatic carboxylic acids is 1. The summed E-state index contributed by atoms with van der Waals surface area (Å²) in [5, 5.41) is 12.3. The molecular weight excluding hydrogens is 204 g/mol. The van der Waals surface area contributed by atoms with E-state index in [0.717, 1.165) is 13.0 Å². The van der Waals surface area contributed by atoms with Crippen molar-refractivity contribution >= 4 is 5.97 Å². The van der Waals surface area contributed by atoms with E-state index in [2.05, 4.69) is 24.1 Å². The van der Waals surface area contributed by atoms with Crippen LogP contribution >= 0.6 is 0 Å². The molecule has 0 aromatic rings. The highest BCUT2D eigenvalue weighted by Crippen LogP contribution is 2.09. The van der Waals surface area contributed by atoms with E-state index in [0.29, 0.717) is 19.0 Å². The van der Waals surface area contributed by atoms with Gasteiger partial charge >= 0.3 is 5.97 Å². The number of carboxylic acid groups (broad SMARTS) is 1. The first-order chi connectivity index (χ1) is 7.35. The summed E-state index contributed by atoms with van der Waals surface area (Å²) in [7, 11) is 1.98. The normalized spacial score (nSPS) is 17.1. The predicted molar refractivity (Wildman–Crippen MR) is 66.7 cm³/mol. The number of hydrogen-bond acceptors (Lipinski definition) is 3. The molecule has 0 aliphatic carbocycles. The van der Waals surface area contributed by atoms with Gasteiger partial charge in [-0.3, -0.25) is 4.79 Å². The molecule has 0 bridgehead atoms. The fraction of sp³-hybridized carbons (Fsp3) is 0.917. The van der Waals surface area contributed by atoms with Gasteiger partial charge in [0.2, 0.25) is 0 Å². The van der Waals surface area contributed by atoms with Gasteiger partial charge in [0.15, 0.2) is 0 Å². The fourth-order valence-corrected chi connectivity index (χ4v) is 1.85. The van der Waals surface area contributed by atoms with E-state index in [1.165, 1.54) is 0 Å². The van der Waals surface area contributed by atoms with E-state index in [1.807, 2.05) is 14.0 Å². The molecule has 0 aliphatic heterocycles. The number of carbonyl (C=O) groups is 1. The second-order valence-electron chi connectivity index (χ2n) is 4.88. The molecule has 0 amide bonds. The number of carboxylic acids is 1. The molecule has 4 nitrogen and oxygen atoms in total. The quantitative estimate of drug-likeness (QED) is 0.662. The first kappa shape index (κ1) is 15.4. The molecule has 0 radical (unpaired) electrons. The molecule has 0 fully saturated rings. The lowest BCUT2D eigenvalue weighted by molar-refractivity contribution is -0.144. The maximum atomic E-state index is 11.2. The number of rotatable bonds is 8. The van der Waals surface area contributed by atoms with Crippen LogP contribution < -0.4 is 5.32 Å². The minimum absolute atomic E-state index is 0.528. The number of hydrogen-bond donors (Lipinski definition) is 2. The average Bonchev–Trinajstić information content (AvgIpc) is 2.17. The lowest BCUT2D eigenvalue weighted by Crippen LogP contribution is -2.56. The molecule has 0 spiro atoms. The summed E-state index contributed by atoms with van der Waals surface area (Å²) in [5.41, 5.74) is -0.850. The van der Waals surface area contributed by atoms with Crippen LogP contribution in [0.1, 0.15) is 34.1 Å². The third-order valence-electron chi connectivity index (χ3n) is 2.95. The third kappa shape index (κ3) is 4.94. The molecule has 96 valence electrons. The van der Waals surface area contributed by atoms with Gasteiger partial charge in [-0.15, -0.1) is 0 Å². The minimum atomic E-state index is -0.850. The van der Waals surface area contributed by atoms with Crippen LogP contribution in [-0.4, -0.2) is 48.2 Å². The molecule has 0 rings (SSSR count). The van der Waals surface area contributed by atoms with Crippen LogP contribution in [0, 0.1) is 5.92 Å². The number of nitrogens with one attached hydrogen (secondary N) is 1. The number of likely N-dealkylation sites (N-methyl/N-ethyl adjacent to an activating group) is 2. The van der Waals surface area contributed by atoms with Gasteiger partial charge in [0, 0.05) is 13.1 Å². The summed E-state index contributed by atoms with van der Waals surface area (Å²) in [6, 6.07) is 0. The predicted octanol–water partition coefficient (Wildman–Crippen LogP) is 1.42. The van der Waals surface area contributed by atoms with Crippen molar-refractivity contribution in [1.82, 2.24) is 10.2 Å². The van der Waals surface area contributed by atoms with E-state index < -0.39 is 11.5 Å². The van der Waals surface area contributed by atoms with Gasteiger partial charge < -0.3 is 15.3 Å². The van der Waals surface area contributed by atoms with Crippen LogP contribution in [-0.2, 0) is 4.79 Å². The summed E-state index contributed by atoms with van der Waals surface area (Å²) in [4.78, 5) is 13.3. The van der Waals surface area contributed by atoms with Crippen LogP contribution in [0.3, 0.4) is 0 Å². The van der Waals surface area contributed by atoms with Crippen molar-refractivity contribution in [1.29, 1.82) is 0 Å². The Balaban J connectivity index is 4.34. The van der Waals surface area contributed by atoms with E-state index in [-0.39, 0.29) is 0 Å². The Labute approximate surface area is 99.0 Å². The molecule has 0 saturated carbocycles. The van der Waals surface area contributed by atoms with Gasteiger partial charge in [-0.1, -0.05) is 27.2 Å². The second kappa shape index (κ2) is 6.86. The highest BCUT2D eigenvalue weighted by Gasteiger charge is 2.33. The molecule has 0 saturated heterocycles. The Morgan fingerprint density at radius 2 is 2.06 bits per heavy atom. The molecule has 16 heavy (non-hydrogen) atoms. The first-order valence-corrected chi connectivity index (χ1v) is 6.02. The SMILES string of the molecule is CCNC(C)(CN(C)CC(C)CC)C(=O)O. The molecule has 2 N–H and O–H groups in total. The molecule has 0 aromatic carbocycles. The van der Waals surface area contributed by atoms with Gasteiger partial charge in [-0.2, -0.15) is 0 Å². The van der Waals surface area contributed by atoms with Crippen molar-refractivity contribution in [2.75, 3.05) is 26.7 Å². The van der Waals surface area contributed by atoms with Crippen molar-refractivity contribution in [3.05, 3.63) is 0 Å². The monoisotopic (exact) mass is 230 g/mol. The Morgan fingerprint density at radius 3 is 2.44 bits per heavy atom. The summed E-state index contributed by atoms with van der Waals surface area (Å²) < 4.78 is 0. The van der Waals surface area contributed by atoms with Gasteiger partial charge in [0.25, 0.3) is 0 Å². The zero-order valence-electron chi connectivity index (χ0n) is 11.2. The van der Waals surface area contributed by atoms with Crippen molar-refractivity contribution < 1.29 is 9.90 Å². The minimum Gasteiger partial charge on any atom is -0.480 e. The van der Waals surface area contributed by atoms with Gasteiger partial charge in [0.05, 0.1) is 0 Å². The number of nitrogens with zero attached hydrogens (tertiary/aromatic N) is 1. The maximum Gasteiger partial charge on any atom is 0.324 e. The first-order valence-electron chi connectivity index (χ1n) is 6.02. The largest absolute Gasteiger partial charge is 0.480 e. The molecular formula is C12H26N2O2. The Bertz CT molecular complexity index is 221.